The van der Waals surface area contributed by atoms with Gasteiger partial charge in [-0.2, -0.15) is 0 Å². The first kappa shape index (κ1) is 16.5. The highest BCUT2D eigenvalue weighted by molar-refractivity contribution is 6.05. The van der Waals surface area contributed by atoms with Gasteiger partial charge < -0.3 is 10.6 Å². The second-order valence-corrected chi connectivity index (χ2v) is 4.77. The first-order chi connectivity index (χ1) is 11.0. The zero-order valence-corrected chi connectivity index (χ0v) is 12.4. The van der Waals surface area contributed by atoms with Crippen molar-refractivity contribution in [2.75, 3.05) is 11.9 Å². The van der Waals surface area contributed by atoms with E-state index in [2.05, 4.69) is 15.6 Å². The van der Waals surface area contributed by atoms with E-state index in [0.717, 1.165) is 18.6 Å². The van der Waals surface area contributed by atoms with Crippen molar-refractivity contribution in [1.82, 2.24) is 10.3 Å². The van der Waals surface area contributed by atoms with Crippen LogP contribution in [-0.2, 0) is 0 Å². The number of pyridine rings is 1. The molecule has 2 amide bonds. The Morgan fingerprint density at radius 2 is 1.70 bits per heavy atom. The van der Waals surface area contributed by atoms with E-state index in [0.29, 0.717) is 6.54 Å². The van der Waals surface area contributed by atoms with E-state index in [1.165, 1.54) is 24.5 Å². The van der Waals surface area contributed by atoms with Crippen molar-refractivity contribution in [3.8, 4) is 0 Å². The molecule has 0 aliphatic rings. The molecule has 2 aromatic rings. The average molecular weight is 319 g/mol. The fraction of sp³-hybridized carbons (Fsp3) is 0.188. The zero-order chi connectivity index (χ0) is 16.8. The largest absolute Gasteiger partial charge is 0.352 e. The Kier molecular flexibility index (Phi) is 5.35. The van der Waals surface area contributed by atoms with Crippen molar-refractivity contribution >= 4 is 17.5 Å². The summed E-state index contributed by atoms with van der Waals surface area (Å²) in [6.45, 7) is 2.40. The third-order valence-electron chi connectivity index (χ3n) is 3.00. The molecule has 5 nitrogen and oxygen atoms in total. The molecule has 0 saturated carbocycles. The number of carbonyl (C=O) groups excluding carboxylic acids is 2. The Bertz CT molecular complexity index is 715. The number of anilines is 1. The van der Waals surface area contributed by atoms with Crippen LogP contribution in [-0.4, -0.2) is 23.3 Å². The minimum absolute atomic E-state index is 0.0248. The fourth-order valence-corrected chi connectivity index (χ4v) is 1.83. The number of hydrogen-bond donors (Lipinski definition) is 2. The van der Waals surface area contributed by atoms with Crippen molar-refractivity contribution in [3.05, 3.63) is 59.4 Å². The van der Waals surface area contributed by atoms with Crippen LogP contribution < -0.4 is 10.6 Å². The van der Waals surface area contributed by atoms with Crippen molar-refractivity contribution in [2.24, 2.45) is 0 Å². The number of rotatable bonds is 5. The molecule has 120 valence electrons. The molecule has 0 radical (unpaired) electrons. The third kappa shape index (κ3) is 4.09. The van der Waals surface area contributed by atoms with Crippen molar-refractivity contribution < 1.29 is 18.4 Å². The highest BCUT2D eigenvalue weighted by atomic mass is 19.1. The molecule has 2 N–H and O–H groups in total. The smallest absolute Gasteiger partial charge is 0.257 e. The SMILES string of the molecule is CCCNC(=O)c1cncc(C(=O)Nc2c(F)cccc2F)c1. The van der Waals surface area contributed by atoms with Crippen LogP contribution >= 0.6 is 0 Å². The number of aromatic nitrogens is 1. The Labute approximate surface area is 131 Å². The van der Waals surface area contributed by atoms with Gasteiger partial charge in [-0.25, -0.2) is 8.78 Å². The molecular weight excluding hydrogens is 304 g/mol. The second-order valence-electron chi connectivity index (χ2n) is 4.77. The van der Waals surface area contributed by atoms with Crippen LogP contribution in [0.4, 0.5) is 14.5 Å². The highest BCUT2D eigenvalue weighted by Gasteiger charge is 2.15. The topological polar surface area (TPSA) is 71.1 Å². The molecular formula is C16H15F2N3O2. The van der Waals surface area contributed by atoms with Crippen LogP contribution in [0.25, 0.3) is 0 Å². The summed E-state index contributed by atoms with van der Waals surface area (Å²) in [5.41, 5.74) is -0.324. The van der Waals surface area contributed by atoms with Gasteiger partial charge in [-0.3, -0.25) is 14.6 Å². The van der Waals surface area contributed by atoms with E-state index in [-0.39, 0.29) is 17.0 Å². The summed E-state index contributed by atoms with van der Waals surface area (Å²) < 4.78 is 27.1. The summed E-state index contributed by atoms with van der Waals surface area (Å²) in [5.74, 6) is -2.90. The van der Waals surface area contributed by atoms with Crippen LogP contribution in [0.1, 0.15) is 34.1 Å². The molecule has 0 aliphatic carbocycles. The molecule has 0 spiro atoms. The maximum Gasteiger partial charge on any atom is 0.257 e. The normalized spacial score (nSPS) is 10.2. The van der Waals surface area contributed by atoms with E-state index in [1.54, 1.807) is 0 Å². The van der Waals surface area contributed by atoms with Gasteiger partial charge in [0.25, 0.3) is 11.8 Å². The van der Waals surface area contributed by atoms with Gasteiger partial charge >= 0.3 is 0 Å². The number of halogens is 2. The molecule has 0 atom stereocenters. The van der Waals surface area contributed by atoms with Crippen molar-refractivity contribution in [1.29, 1.82) is 0 Å². The summed E-state index contributed by atoms with van der Waals surface area (Å²) in [7, 11) is 0. The summed E-state index contributed by atoms with van der Waals surface area (Å²) in [4.78, 5) is 27.7. The number of carbonyl (C=O) groups is 2. The summed E-state index contributed by atoms with van der Waals surface area (Å²) in [6, 6.07) is 4.57. The molecule has 0 saturated heterocycles. The van der Waals surface area contributed by atoms with E-state index in [1.807, 2.05) is 6.92 Å². The Morgan fingerprint density at radius 3 is 2.30 bits per heavy atom. The first-order valence-corrected chi connectivity index (χ1v) is 7.01. The quantitative estimate of drug-likeness (QED) is 0.890. The number of para-hydroxylation sites is 1. The monoisotopic (exact) mass is 319 g/mol. The van der Waals surface area contributed by atoms with E-state index < -0.39 is 23.2 Å². The molecule has 0 bridgehead atoms. The lowest BCUT2D eigenvalue weighted by atomic mass is 10.1. The maximum atomic E-state index is 13.5. The van der Waals surface area contributed by atoms with Crippen molar-refractivity contribution in [3.63, 3.8) is 0 Å². The van der Waals surface area contributed by atoms with Gasteiger partial charge in [-0.15, -0.1) is 0 Å². The highest BCUT2D eigenvalue weighted by Crippen LogP contribution is 2.19. The molecule has 23 heavy (non-hydrogen) atoms. The Balaban J connectivity index is 2.18. The van der Waals surface area contributed by atoms with Gasteiger partial charge in [-0.05, 0) is 24.6 Å². The van der Waals surface area contributed by atoms with Gasteiger partial charge in [0.1, 0.15) is 17.3 Å². The van der Waals surface area contributed by atoms with Crippen molar-refractivity contribution in [2.45, 2.75) is 13.3 Å². The first-order valence-electron chi connectivity index (χ1n) is 7.01. The predicted octanol–water partition coefficient (Wildman–Crippen LogP) is 2.75. The molecule has 1 aromatic carbocycles. The standard InChI is InChI=1S/C16H15F2N3O2/c1-2-6-20-15(22)10-7-11(9-19-8-10)16(23)21-14-12(17)4-3-5-13(14)18/h3-5,7-9H,2,6H2,1H3,(H,20,22)(H,21,23). The van der Waals surface area contributed by atoms with Gasteiger partial charge in [-0.1, -0.05) is 13.0 Å². The lowest BCUT2D eigenvalue weighted by molar-refractivity contribution is 0.0953. The number of amides is 2. The molecule has 1 aromatic heterocycles. The van der Waals surface area contributed by atoms with Gasteiger partial charge in [0.05, 0.1) is 11.1 Å². The molecule has 0 unspecified atom stereocenters. The number of nitrogens with one attached hydrogen (secondary N) is 2. The molecule has 0 fully saturated rings. The molecule has 0 aliphatic heterocycles. The fourth-order valence-electron chi connectivity index (χ4n) is 1.83. The van der Waals surface area contributed by atoms with Crippen LogP contribution in [0.15, 0.2) is 36.7 Å². The Morgan fingerprint density at radius 1 is 1.09 bits per heavy atom. The summed E-state index contributed by atoms with van der Waals surface area (Å²) in [6.07, 6.45) is 3.29. The lowest BCUT2D eigenvalue weighted by Gasteiger charge is -2.08. The number of nitrogens with zero attached hydrogens (tertiary/aromatic N) is 1. The molecule has 1 heterocycles. The van der Waals surface area contributed by atoms with Gasteiger partial charge in [0, 0.05) is 18.9 Å². The maximum absolute atomic E-state index is 13.5. The zero-order valence-electron chi connectivity index (χ0n) is 12.4. The van der Waals surface area contributed by atoms with Crippen LogP contribution in [0.2, 0.25) is 0 Å². The number of benzene rings is 1. The lowest BCUT2D eigenvalue weighted by Crippen LogP contribution is -2.24. The van der Waals surface area contributed by atoms with E-state index >= 15 is 0 Å². The Hall–Kier alpha value is -2.83. The van der Waals surface area contributed by atoms with E-state index in [9.17, 15) is 18.4 Å². The molecule has 7 heteroatoms. The predicted molar refractivity (Wildman–Crippen MR) is 81.2 cm³/mol. The van der Waals surface area contributed by atoms with Crippen LogP contribution in [0, 0.1) is 11.6 Å². The number of hydrogen-bond acceptors (Lipinski definition) is 3. The third-order valence-corrected chi connectivity index (χ3v) is 3.00. The molecule has 2 rings (SSSR count). The second kappa shape index (κ2) is 7.44. The van der Waals surface area contributed by atoms with Crippen LogP contribution in [0.3, 0.4) is 0 Å². The average Bonchev–Trinajstić information content (AvgIpc) is 2.56. The van der Waals surface area contributed by atoms with Gasteiger partial charge in [0.15, 0.2) is 0 Å². The van der Waals surface area contributed by atoms with E-state index in [4.69, 9.17) is 0 Å². The summed E-state index contributed by atoms with van der Waals surface area (Å²) in [5, 5.41) is 4.80. The van der Waals surface area contributed by atoms with Gasteiger partial charge in [0.2, 0.25) is 0 Å². The minimum Gasteiger partial charge on any atom is -0.352 e. The van der Waals surface area contributed by atoms with Crippen LogP contribution in [0.5, 0.6) is 0 Å². The minimum atomic E-state index is -0.886. The summed E-state index contributed by atoms with van der Waals surface area (Å²) >= 11 is 0.